The summed E-state index contributed by atoms with van der Waals surface area (Å²) in [5, 5.41) is 0. The van der Waals surface area contributed by atoms with E-state index in [2.05, 4.69) is 48.5 Å². The van der Waals surface area contributed by atoms with E-state index in [1.54, 1.807) is 6.92 Å². The number of hydrogen-bond acceptors (Lipinski definition) is 2. The Morgan fingerprint density at radius 3 is 2.18 bits per heavy atom. The van der Waals surface area contributed by atoms with Gasteiger partial charge in [0, 0.05) is 12.3 Å². The van der Waals surface area contributed by atoms with Crippen molar-refractivity contribution >= 4 is 5.97 Å². The van der Waals surface area contributed by atoms with Crippen LogP contribution in [0.3, 0.4) is 0 Å². The molecule has 5 aliphatic carbocycles. The van der Waals surface area contributed by atoms with E-state index in [0.717, 1.165) is 36.0 Å². The van der Waals surface area contributed by atoms with Gasteiger partial charge in [-0.25, -0.2) is 0 Å². The van der Waals surface area contributed by atoms with Crippen LogP contribution in [-0.2, 0) is 9.53 Å². The van der Waals surface area contributed by atoms with E-state index in [4.69, 9.17) is 4.74 Å². The third kappa shape index (κ3) is 3.21. The molecule has 0 radical (unpaired) electrons. The maximum absolute atomic E-state index is 11.8. The van der Waals surface area contributed by atoms with Gasteiger partial charge in [0.25, 0.3) is 0 Å². The minimum Gasteiger partial charge on any atom is -0.462 e. The first-order chi connectivity index (χ1) is 15.8. The van der Waals surface area contributed by atoms with Crippen LogP contribution < -0.4 is 0 Å². The summed E-state index contributed by atoms with van der Waals surface area (Å²) in [7, 11) is 0. The average molecular weight is 471 g/mol. The van der Waals surface area contributed by atoms with Crippen molar-refractivity contribution in [1.82, 2.24) is 0 Å². The Kier molecular flexibility index (Phi) is 5.90. The monoisotopic (exact) mass is 470 g/mol. The van der Waals surface area contributed by atoms with Crippen LogP contribution in [0.2, 0.25) is 0 Å². The van der Waals surface area contributed by atoms with Gasteiger partial charge in [-0.1, -0.05) is 67.7 Å². The normalized spacial score (nSPS) is 49.4. The SMILES string of the molecule is CC(=O)O[C@H]1CC[C@]23C[C@@]24CC[C@]2(C)[C@@H]([C@H](C)CCCC(C)C)CC[C@@]2(C)[C@@H]4CC[C@H]3C1(C)C. The van der Waals surface area contributed by atoms with Gasteiger partial charge >= 0.3 is 5.97 Å². The van der Waals surface area contributed by atoms with Gasteiger partial charge in [-0.3, -0.25) is 4.79 Å². The van der Waals surface area contributed by atoms with Crippen molar-refractivity contribution in [3.05, 3.63) is 0 Å². The van der Waals surface area contributed by atoms with Crippen LogP contribution in [0.4, 0.5) is 0 Å². The predicted octanol–water partition coefficient (Wildman–Crippen LogP) is 8.82. The summed E-state index contributed by atoms with van der Waals surface area (Å²) >= 11 is 0. The predicted molar refractivity (Wildman–Crippen MR) is 140 cm³/mol. The molecule has 0 N–H and O–H groups in total. The molecule has 0 aromatic heterocycles. The third-order valence-electron chi connectivity index (χ3n) is 13.5. The average Bonchev–Trinajstić information content (AvgIpc) is 3.32. The van der Waals surface area contributed by atoms with Crippen LogP contribution in [0, 0.1) is 56.7 Å². The number of carbonyl (C=O) groups excluding carboxylic acids is 1. The van der Waals surface area contributed by atoms with Gasteiger partial charge in [-0.2, -0.15) is 0 Å². The maximum atomic E-state index is 11.8. The van der Waals surface area contributed by atoms with Crippen molar-refractivity contribution in [3.8, 4) is 0 Å². The molecule has 5 saturated carbocycles. The number of fused-ring (bicyclic) bond motifs is 2. The Labute approximate surface area is 210 Å². The summed E-state index contributed by atoms with van der Waals surface area (Å²) in [4.78, 5) is 11.8. The van der Waals surface area contributed by atoms with E-state index in [1.807, 2.05) is 0 Å². The highest BCUT2D eigenvalue weighted by Gasteiger charge is 2.82. The largest absolute Gasteiger partial charge is 0.462 e. The highest BCUT2D eigenvalue weighted by molar-refractivity contribution is 5.66. The van der Waals surface area contributed by atoms with E-state index in [9.17, 15) is 4.79 Å². The first-order valence-electron chi connectivity index (χ1n) is 15.0. The minimum absolute atomic E-state index is 0.0892. The van der Waals surface area contributed by atoms with Crippen molar-refractivity contribution in [1.29, 1.82) is 0 Å². The molecule has 0 saturated heterocycles. The van der Waals surface area contributed by atoms with Crippen molar-refractivity contribution in [2.45, 2.75) is 139 Å². The molecule has 0 aliphatic heterocycles. The Morgan fingerprint density at radius 2 is 1.50 bits per heavy atom. The molecule has 0 aromatic carbocycles. The standard InChI is InChI=1S/C32H54O2/c1-21(2)10-9-11-22(3)24-14-16-30(8)26-13-12-25-28(5,6)27(34-23(4)33)15-17-31(25)20-32(26,31)19-18-29(24,30)7/h21-22,24-27H,9-20H2,1-8H3/t22-,24-,25+,26+,27+,29-,30+,31-,32-/m1/s1. The number of rotatable bonds is 6. The zero-order valence-electron chi connectivity index (χ0n) is 23.8. The summed E-state index contributed by atoms with van der Waals surface area (Å²) in [6.45, 7) is 19.3. The lowest BCUT2D eigenvalue weighted by Gasteiger charge is -2.63. The van der Waals surface area contributed by atoms with Crippen LogP contribution >= 0.6 is 0 Å². The first-order valence-corrected chi connectivity index (χ1v) is 15.0. The van der Waals surface area contributed by atoms with E-state index >= 15 is 0 Å². The number of carbonyl (C=O) groups is 1. The smallest absolute Gasteiger partial charge is 0.302 e. The zero-order valence-corrected chi connectivity index (χ0v) is 23.8. The lowest BCUT2D eigenvalue weighted by atomic mass is 9.41. The second-order valence-corrected chi connectivity index (χ2v) is 15.4. The fraction of sp³-hybridized carbons (Fsp3) is 0.969. The van der Waals surface area contributed by atoms with Crippen LogP contribution in [-0.4, -0.2) is 12.1 Å². The molecular weight excluding hydrogens is 416 g/mol. The summed E-state index contributed by atoms with van der Waals surface area (Å²) < 4.78 is 5.91. The molecule has 2 nitrogen and oxygen atoms in total. The molecule has 0 amide bonds. The highest BCUT2D eigenvalue weighted by Crippen LogP contribution is 2.89. The van der Waals surface area contributed by atoms with Gasteiger partial charge in [0.2, 0.25) is 0 Å². The fourth-order valence-corrected chi connectivity index (χ4v) is 11.7. The molecule has 2 spiro atoms. The fourth-order valence-electron chi connectivity index (χ4n) is 11.7. The van der Waals surface area contributed by atoms with Crippen molar-refractivity contribution in [2.24, 2.45) is 56.7 Å². The van der Waals surface area contributed by atoms with Gasteiger partial charge in [0.1, 0.15) is 6.10 Å². The summed E-state index contributed by atoms with van der Waals surface area (Å²) in [5.41, 5.74) is 2.30. The molecule has 0 heterocycles. The molecular formula is C32H54O2. The lowest BCUT2D eigenvalue weighted by molar-refractivity contribution is -0.181. The topological polar surface area (TPSA) is 26.3 Å². The van der Waals surface area contributed by atoms with Crippen LogP contribution in [0.25, 0.3) is 0 Å². The molecule has 0 aromatic rings. The Morgan fingerprint density at radius 1 is 0.824 bits per heavy atom. The second kappa shape index (κ2) is 7.98. The second-order valence-electron chi connectivity index (χ2n) is 15.4. The van der Waals surface area contributed by atoms with E-state index in [0.29, 0.717) is 21.7 Å². The number of ether oxygens (including phenoxy) is 1. The number of esters is 1. The molecule has 5 fully saturated rings. The molecule has 0 unspecified atom stereocenters. The van der Waals surface area contributed by atoms with E-state index in [1.165, 1.54) is 70.6 Å². The van der Waals surface area contributed by atoms with Gasteiger partial charge in [-0.15, -0.1) is 0 Å². The van der Waals surface area contributed by atoms with Crippen LogP contribution in [0.5, 0.6) is 0 Å². The Hall–Kier alpha value is -0.530. The molecule has 194 valence electrons. The van der Waals surface area contributed by atoms with Crippen molar-refractivity contribution in [2.75, 3.05) is 0 Å². The lowest BCUT2D eigenvalue weighted by Crippen LogP contribution is -2.58. The molecule has 5 aliphatic rings. The zero-order chi connectivity index (χ0) is 24.7. The van der Waals surface area contributed by atoms with Gasteiger partial charge in [0.15, 0.2) is 0 Å². The maximum Gasteiger partial charge on any atom is 0.302 e. The summed E-state index contributed by atoms with van der Waals surface area (Å²) in [6, 6.07) is 0. The quantitative estimate of drug-likeness (QED) is 0.362. The van der Waals surface area contributed by atoms with Crippen molar-refractivity contribution < 1.29 is 9.53 Å². The molecule has 9 atom stereocenters. The van der Waals surface area contributed by atoms with Crippen molar-refractivity contribution in [3.63, 3.8) is 0 Å². The molecule has 2 heteroatoms. The van der Waals surface area contributed by atoms with Gasteiger partial charge in [0.05, 0.1) is 0 Å². The molecule has 0 bridgehead atoms. The Bertz CT molecular complexity index is 814. The van der Waals surface area contributed by atoms with Gasteiger partial charge in [-0.05, 0) is 109 Å². The van der Waals surface area contributed by atoms with Crippen LogP contribution in [0.15, 0.2) is 0 Å². The first kappa shape index (κ1) is 25.1. The molecule has 34 heavy (non-hydrogen) atoms. The van der Waals surface area contributed by atoms with E-state index < -0.39 is 0 Å². The van der Waals surface area contributed by atoms with Gasteiger partial charge < -0.3 is 4.74 Å². The Balaban J connectivity index is 1.37. The highest BCUT2D eigenvalue weighted by atomic mass is 16.5. The van der Waals surface area contributed by atoms with Crippen LogP contribution in [0.1, 0.15) is 132 Å². The van der Waals surface area contributed by atoms with E-state index in [-0.39, 0.29) is 17.5 Å². The third-order valence-corrected chi connectivity index (χ3v) is 13.5. The number of hydrogen-bond donors (Lipinski definition) is 0. The summed E-state index contributed by atoms with van der Waals surface area (Å²) in [5.74, 6) is 4.20. The molecule has 5 rings (SSSR count). The summed E-state index contributed by atoms with van der Waals surface area (Å²) in [6.07, 6.45) is 16.9. The minimum atomic E-state index is -0.0892.